The Balaban J connectivity index is 2.00. The third-order valence-electron chi connectivity index (χ3n) is 3.67. The largest absolute Gasteiger partial charge is 0.507 e. The van der Waals surface area contributed by atoms with Gasteiger partial charge in [0, 0.05) is 5.69 Å². The van der Waals surface area contributed by atoms with E-state index in [1.165, 1.54) is 25.2 Å². The number of aliphatic hydroxyl groups excluding tert-OH is 3. The van der Waals surface area contributed by atoms with Crippen molar-refractivity contribution in [3.05, 3.63) is 23.8 Å². The van der Waals surface area contributed by atoms with Crippen molar-refractivity contribution < 1.29 is 34.7 Å². The van der Waals surface area contributed by atoms with Gasteiger partial charge in [-0.3, -0.25) is 0 Å². The molecular formula is C14H20N2O7. The van der Waals surface area contributed by atoms with Crippen molar-refractivity contribution >= 4 is 11.7 Å². The number of phenols is 1. The summed E-state index contributed by atoms with van der Waals surface area (Å²) in [4.78, 5) is 11.9. The number of phenolic OH excluding ortho intramolecular Hbond substituents is 1. The van der Waals surface area contributed by atoms with Crippen molar-refractivity contribution in [3.8, 4) is 5.75 Å². The summed E-state index contributed by atoms with van der Waals surface area (Å²) in [5.74, 6) is -1.17. The van der Waals surface area contributed by atoms with Crippen LogP contribution in [0.1, 0.15) is 10.4 Å². The van der Waals surface area contributed by atoms with Crippen LogP contribution >= 0.6 is 0 Å². The summed E-state index contributed by atoms with van der Waals surface area (Å²) < 4.78 is 10.1. The Bertz CT molecular complexity index is 568. The van der Waals surface area contributed by atoms with E-state index in [-0.39, 0.29) is 17.0 Å². The number of nitrogens with two attached hydrogens (primary N) is 1. The second kappa shape index (κ2) is 7.11. The van der Waals surface area contributed by atoms with Crippen molar-refractivity contribution in [3.63, 3.8) is 0 Å². The van der Waals surface area contributed by atoms with Gasteiger partial charge in [-0.25, -0.2) is 4.79 Å². The molecule has 1 fully saturated rings. The number of esters is 1. The average Bonchev–Trinajstić information content (AvgIpc) is 2.52. The lowest BCUT2D eigenvalue weighted by atomic mass is 9.97. The number of nitrogens with one attached hydrogen (secondary N) is 1. The summed E-state index contributed by atoms with van der Waals surface area (Å²) in [5.41, 5.74) is 5.67. The number of rotatable bonds is 4. The maximum absolute atomic E-state index is 11.9. The first-order chi connectivity index (χ1) is 10.8. The van der Waals surface area contributed by atoms with E-state index in [2.05, 4.69) is 5.32 Å². The van der Waals surface area contributed by atoms with Gasteiger partial charge in [0.1, 0.15) is 36.2 Å². The molecular weight excluding hydrogens is 308 g/mol. The van der Waals surface area contributed by atoms with E-state index in [9.17, 15) is 25.2 Å². The molecule has 1 aromatic carbocycles. The molecule has 1 saturated heterocycles. The van der Waals surface area contributed by atoms with E-state index in [4.69, 9.17) is 15.2 Å². The standard InChI is InChI=1S/C14H20N2O7/c1-16-10-12(19)11(18)9(23-14(10)21)5-22-13(20)7-4-6(15)2-3-8(7)17/h2-4,9-12,14,16-19,21H,5,15H2,1H3. The highest BCUT2D eigenvalue weighted by Crippen LogP contribution is 2.23. The maximum Gasteiger partial charge on any atom is 0.342 e. The number of aliphatic hydroxyl groups is 3. The fourth-order valence-corrected chi connectivity index (χ4v) is 2.35. The maximum atomic E-state index is 11.9. The SMILES string of the molecule is CNC1C(O)OC(COC(=O)c2cc(N)ccc2O)C(O)C1O. The number of ether oxygens (including phenoxy) is 2. The fraction of sp³-hybridized carbons (Fsp3) is 0.500. The predicted molar refractivity (Wildman–Crippen MR) is 78.5 cm³/mol. The van der Waals surface area contributed by atoms with Crippen molar-refractivity contribution in [2.75, 3.05) is 19.4 Å². The number of anilines is 1. The third-order valence-corrected chi connectivity index (χ3v) is 3.67. The second-order valence-electron chi connectivity index (χ2n) is 5.24. The van der Waals surface area contributed by atoms with Gasteiger partial charge < -0.3 is 41.0 Å². The molecule has 5 atom stereocenters. The van der Waals surface area contributed by atoms with E-state index in [1.807, 2.05) is 0 Å². The zero-order chi connectivity index (χ0) is 17.1. The molecule has 7 N–H and O–H groups in total. The van der Waals surface area contributed by atoms with Gasteiger partial charge >= 0.3 is 5.97 Å². The molecule has 1 aromatic rings. The number of carbonyl (C=O) groups excluding carboxylic acids is 1. The highest BCUT2D eigenvalue weighted by molar-refractivity contribution is 5.93. The third kappa shape index (κ3) is 3.71. The van der Waals surface area contributed by atoms with Crippen LogP contribution in [0.3, 0.4) is 0 Å². The highest BCUT2D eigenvalue weighted by atomic mass is 16.6. The minimum Gasteiger partial charge on any atom is -0.507 e. The molecule has 0 radical (unpaired) electrons. The fourth-order valence-electron chi connectivity index (χ4n) is 2.35. The van der Waals surface area contributed by atoms with Crippen molar-refractivity contribution in [2.24, 2.45) is 0 Å². The minimum atomic E-state index is -1.37. The van der Waals surface area contributed by atoms with Gasteiger partial charge in [0.25, 0.3) is 0 Å². The van der Waals surface area contributed by atoms with Crippen LogP contribution in [0.2, 0.25) is 0 Å². The van der Waals surface area contributed by atoms with E-state index >= 15 is 0 Å². The van der Waals surface area contributed by atoms with Crippen molar-refractivity contribution in [1.82, 2.24) is 5.32 Å². The highest BCUT2D eigenvalue weighted by Gasteiger charge is 2.43. The van der Waals surface area contributed by atoms with E-state index < -0.39 is 43.2 Å². The Labute approximate surface area is 132 Å². The van der Waals surface area contributed by atoms with Gasteiger partial charge in [0.2, 0.25) is 0 Å². The number of benzene rings is 1. The zero-order valence-corrected chi connectivity index (χ0v) is 12.4. The Morgan fingerprint density at radius 3 is 2.70 bits per heavy atom. The summed E-state index contributed by atoms with van der Waals surface area (Å²) in [5, 5.41) is 41.8. The molecule has 0 saturated carbocycles. The molecule has 2 rings (SSSR count). The van der Waals surface area contributed by atoms with Crippen LogP contribution in [0.5, 0.6) is 5.75 Å². The van der Waals surface area contributed by atoms with Crippen LogP contribution in [-0.4, -0.2) is 70.7 Å². The van der Waals surface area contributed by atoms with Crippen LogP contribution in [0.15, 0.2) is 18.2 Å². The molecule has 5 unspecified atom stereocenters. The number of nitrogen functional groups attached to an aromatic ring is 1. The number of hydrogen-bond acceptors (Lipinski definition) is 9. The van der Waals surface area contributed by atoms with Gasteiger partial charge in [-0.1, -0.05) is 0 Å². The molecule has 23 heavy (non-hydrogen) atoms. The molecule has 0 aliphatic carbocycles. The van der Waals surface area contributed by atoms with Gasteiger partial charge in [0.15, 0.2) is 6.29 Å². The Hall–Kier alpha value is -1.91. The van der Waals surface area contributed by atoms with E-state index in [0.29, 0.717) is 0 Å². The lowest BCUT2D eigenvalue weighted by molar-refractivity contribution is -0.253. The predicted octanol–water partition coefficient (Wildman–Crippen LogP) is -1.84. The zero-order valence-electron chi connectivity index (χ0n) is 12.4. The summed E-state index contributed by atoms with van der Waals surface area (Å²) in [6.45, 7) is -0.418. The molecule has 0 bridgehead atoms. The summed E-state index contributed by atoms with van der Waals surface area (Å²) in [6.07, 6.45) is -5.15. The first-order valence-corrected chi connectivity index (χ1v) is 6.97. The molecule has 0 aromatic heterocycles. The number of likely N-dealkylation sites (N-methyl/N-ethyl adjacent to an activating group) is 1. The lowest BCUT2D eigenvalue weighted by Gasteiger charge is -2.40. The van der Waals surface area contributed by atoms with Gasteiger partial charge in [-0.2, -0.15) is 0 Å². The first-order valence-electron chi connectivity index (χ1n) is 6.97. The van der Waals surface area contributed by atoms with Crippen LogP contribution in [0.25, 0.3) is 0 Å². The molecule has 0 amide bonds. The lowest BCUT2D eigenvalue weighted by Crippen LogP contribution is -2.62. The van der Waals surface area contributed by atoms with Crippen molar-refractivity contribution in [1.29, 1.82) is 0 Å². The second-order valence-corrected chi connectivity index (χ2v) is 5.24. The Morgan fingerprint density at radius 1 is 1.35 bits per heavy atom. The number of carbonyl (C=O) groups is 1. The summed E-state index contributed by atoms with van der Waals surface area (Å²) in [7, 11) is 1.50. The quantitative estimate of drug-likeness (QED) is 0.212. The van der Waals surface area contributed by atoms with E-state index in [1.54, 1.807) is 0 Å². The Kier molecular flexibility index (Phi) is 5.39. The molecule has 1 heterocycles. The molecule has 9 heteroatoms. The molecule has 128 valence electrons. The topological polar surface area (TPSA) is 154 Å². The van der Waals surface area contributed by atoms with Crippen LogP contribution in [0.4, 0.5) is 5.69 Å². The van der Waals surface area contributed by atoms with Gasteiger partial charge in [-0.05, 0) is 25.2 Å². The van der Waals surface area contributed by atoms with Crippen LogP contribution in [0, 0.1) is 0 Å². The summed E-state index contributed by atoms with van der Waals surface area (Å²) in [6, 6.07) is 3.05. The van der Waals surface area contributed by atoms with Gasteiger partial charge in [-0.15, -0.1) is 0 Å². The van der Waals surface area contributed by atoms with Gasteiger partial charge in [0.05, 0.1) is 6.04 Å². The monoisotopic (exact) mass is 328 g/mol. The van der Waals surface area contributed by atoms with Crippen molar-refractivity contribution in [2.45, 2.75) is 30.6 Å². The summed E-state index contributed by atoms with van der Waals surface area (Å²) >= 11 is 0. The van der Waals surface area contributed by atoms with Crippen LogP contribution in [-0.2, 0) is 9.47 Å². The number of aromatic hydroxyl groups is 1. The van der Waals surface area contributed by atoms with Crippen LogP contribution < -0.4 is 11.1 Å². The Morgan fingerprint density at radius 2 is 2.04 bits per heavy atom. The molecule has 0 spiro atoms. The normalized spacial score (nSPS) is 30.9. The first kappa shape index (κ1) is 17.4. The number of hydrogen-bond donors (Lipinski definition) is 6. The average molecular weight is 328 g/mol. The molecule has 1 aliphatic heterocycles. The smallest absolute Gasteiger partial charge is 0.342 e. The molecule has 9 nitrogen and oxygen atoms in total. The van der Waals surface area contributed by atoms with E-state index in [0.717, 1.165) is 0 Å². The molecule has 1 aliphatic rings. The minimum absolute atomic E-state index is 0.135.